The highest BCUT2D eigenvalue weighted by molar-refractivity contribution is 6.32. The number of methoxy groups -OCH3 is 1. The lowest BCUT2D eigenvalue weighted by Crippen LogP contribution is -2.12. The third kappa shape index (κ3) is 2.68. The average molecular weight is 302 g/mol. The first-order valence-corrected chi connectivity index (χ1v) is 6.64. The van der Waals surface area contributed by atoms with Crippen LogP contribution in [-0.4, -0.2) is 22.6 Å². The first-order valence-electron chi connectivity index (χ1n) is 6.26. The van der Waals surface area contributed by atoms with Gasteiger partial charge in [0.05, 0.1) is 17.6 Å². The van der Waals surface area contributed by atoms with Gasteiger partial charge in [-0.3, -0.25) is 4.79 Å². The van der Waals surface area contributed by atoms with Gasteiger partial charge in [-0.15, -0.1) is 0 Å². The van der Waals surface area contributed by atoms with E-state index in [1.165, 1.54) is 7.11 Å². The molecule has 106 valence electrons. The number of carbonyl (C=O) groups is 1. The van der Waals surface area contributed by atoms with Gasteiger partial charge < -0.3 is 10.1 Å². The van der Waals surface area contributed by atoms with Gasteiger partial charge in [-0.1, -0.05) is 17.7 Å². The minimum absolute atomic E-state index is 0.292. The van der Waals surface area contributed by atoms with E-state index in [1.54, 1.807) is 35.0 Å². The highest BCUT2D eigenvalue weighted by Crippen LogP contribution is 2.27. The third-order valence-corrected chi connectivity index (χ3v) is 3.31. The van der Waals surface area contributed by atoms with Crippen molar-refractivity contribution in [1.29, 1.82) is 0 Å². The van der Waals surface area contributed by atoms with Gasteiger partial charge in [0.15, 0.2) is 5.69 Å². The van der Waals surface area contributed by atoms with Crippen LogP contribution in [0.25, 0.3) is 5.52 Å². The predicted octanol–water partition coefficient (Wildman–Crippen LogP) is 3.25. The van der Waals surface area contributed by atoms with Gasteiger partial charge >= 0.3 is 0 Å². The van der Waals surface area contributed by atoms with Crippen molar-refractivity contribution in [2.24, 2.45) is 0 Å². The van der Waals surface area contributed by atoms with Crippen molar-refractivity contribution in [3.8, 4) is 5.75 Å². The summed E-state index contributed by atoms with van der Waals surface area (Å²) in [5, 5.41) is 7.40. The van der Waals surface area contributed by atoms with Crippen LogP contribution < -0.4 is 10.1 Å². The summed E-state index contributed by atoms with van der Waals surface area (Å²) in [6, 6.07) is 12.4. The molecule has 2 aromatic heterocycles. The molecule has 5 nitrogen and oxygen atoms in total. The zero-order valence-corrected chi connectivity index (χ0v) is 12.0. The van der Waals surface area contributed by atoms with Gasteiger partial charge in [-0.25, -0.2) is 4.52 Å². The van der Waals surface area contributed by atoms with Crippen LogP contribution in [0.5, 0.6) is 5.75 Å². The summed E-state index contributed by atoms with van der Waals surface area (Å²) >= 11 is 6.03. The van der Waals surface area contributed by atoms with Crippen LogP contribution in [0.1, 0.15) is 10.5 Å². The molecular formula is C15H12ClN3O2. The topological polar surface area (TPSA) is 55.6 Å². The fourth-order valence-corrected chi connectivity index (χ4v) is 2.25. The maximum absolute atomic E-state index is 12.2. The second-order valence-corrected chi connectivity index (χ2v) is 4.81. The van der Waals surface area contributed by atoms with E-state index in [2.05, 4.69) is 10.4 Å². The second kappa shape index (κ2) is 5.46. The van der Waals surface area contributed by atoms with Crippen molar-refractivity contribution in [2.75, 3.05) is 12.4 Å². The molecule has 0 atom stereocenters. The van der Waals surface area contributed by atoms with Crippen LogP contribution in [-0.2, 0) is 0 Å². The Labute approximate surface area is 126 Å². The summed E-state index contributed by atoms with van der Waals surface area (Å²) < 4.78 is 6.72. The standard InChI is InChI=1S/C15H12ClN3O2/c1-21-14-6-5-10(8-12(14)16)17-15(20)13-9-11-4-2-3-7-19(11)18-13/h2-9H,1H3,(H,17,20). The number of hydrogen-bond acceptors (Lipinski definition) is 3. The monoisotopic (exact) mass is 301 g/mol. The van der Waals surface area contributed by atoms with Crippen molar-refractivity contribution in [3.05, 3.63) is 59.4 Å². The summed E-state index contributed by atoms with van der Waals surface area (Å²) in [6.07, 6.45) is 1.79. The SMILES string of the molecule is COc1ccc(NC(=O)c2cc3ccccn3n2)cc1Cl. The molecule has 0 fully saturated rings. The number of fused-ring (bicyclic) bond motifs is 1. The van der Waals surface area contributed by atoms with Gasteiger partial charge in [0.25, 0.3) is 5.91 Å². The number of carbonyl (C=O) groups excluding carboxylic acids is 1. The fourth-order valence-electron chi connectivity index (χ4n) is 1.99. The Kier molecular flexibility index (Phi) is 3.50. The minimum atomic E-state index is -0.292. The number of rotatable bonds is 3. The van der Waals surface area contributed by atoms with Crippen molar-refractivity contribution in [1.82, 2.24) is 9.61 Å². The first kappa shape index (κ1) is 13.5. The number of hydrogen-bond donors (Lipinski definition) is 1. The summed E-state index contributed by atoms with van der Waals surface area (Å²) in [5.41, 5.74) is 1.78. The number of benzene rings is 1. The summed E-state index contributed by atoms with van der Waals surface area (Å²) in [4.78, 5) is 12.2. The molecule has 0 aliphatic rings. The van der Waals surface area contributed by atoms with Crippen molar-refractivity contribution >= 4 is 28.7 Å². The van der Waals surface area contributed by atoms with Crippen LogP contribution in [0.15, 0.2) is 48.7 Å². The molecule has 3 aromatic rings. The second-order valence-electron chi connectivity index (χ2n) is 4.40. The molecule has 6 heteroatoms. The maximum atomic E-state index is 12.2. The van der Waals surface area contributed by atoms with E-state index in [9.17, 15) is 4.79 Å². The number of pyridine rings is 1. The number of amides is 1. The van der Waals surface area contributed by atoms with E-state index in [0.29, 0.717) is 22.2 Å². The van der Waals surface area contributed by atoms with Crippen LogP contribution in [0, 0.1) is 0 Å². The number of halogens is 1. The lowest BCUT2D eigenvalue weighted by Gasteiger charge is -2.06. The van der Waals surface area contributed by atoms with Crippen molar-refractivity contribution in [3.63, 3.8) is 0 Å². The Morgan fingerprint density at radius 3 is 2.86 bits per heavy atom. The number of aromatic nitrogens is 2. The highest BCUT2D eigenvalue weighted by atomic mass is 35.5. The molecule has 0 saturated carbocycles. The maximum Gasteiger partial charge on any atom is 0.276 e. The van der Waals surface area contributed by atoms with Gasteiger partial charge in [0.1, 0.15) is 5.75 Å². The Morgan fingerprint density at radius 1 is 1.29 bits per heavy atom. The molecule has 1 amide bonds. The lowest BCUT2D eigenvalue weighted by atomic mass is 10.3. The lowest BCUT2D eigenvalue weighted by molar-refractivity contribution is 0.102. The highest BCUT2D eigenvalue weighted by Gasteiger charge is 2.11. The van der Waals surface area contributed by atoms with Crippen molar-refractivity contribution in [2.45, 2.75) is 0 Å². The van der Waals surface area contributed by atoms with Gasteiger partial charge in [0.2, 0.25) is 0 Å². The molecule has 0 unspecified atom stereocenters. The predicted molar refractivity (Wildman–Crippen MR) is 81.1 cm³/mol. The summed E-state index contributed by atoms with van der Waals surface area (Å²) in [7, 11) is 1.54. The fraction of sp³-hybridized carbons (Fsp3) is 0.0667. The third-order valence-electron chi connectivity index (χ3n) is 3.01. The molecule has 2 heterocycles. The molecule has 21 heavy (non-hydrogen) atoms. The molecule has 1 N–H and O–H groups in total. The zero-order valence-electron chi connectivity index (χ0n) is 11.2. The Hall–Kier alpha value is -2.53. The first-order chi connectivity index (χ1) is 10.2. The minimum Gasteiger partial charge on any atom is -0.495 e. The molecule has 0 aliphatic carbocycles. The Morgan fingerprint density at radius 2 is 2.14 bits per heavy atom. The molecule has 3 rings (SSSR count). The van der Waals surface area contributed by atoms with E-state index in [4.69, 9.17) is 16.3 Å². The largest absolute Gasteiger partial charge is 0.495 e. The van der Waals surface area contributed by atoms with Crippen LogP contribution in [0.4, 0.5) is 5.69 Å². The van der Waals surface area contributed by atoms with Crippen molar-refractivity contribution < 1.29 is 9.53 Å². The molecule has 0 spiro atoms. The van der Waals surface area contributed by atoms with Crippen LogP contribution in [0.3, 0.4) is 0 Å². The molecule has 0 bridgehead atoms. The van der Waals surface area contributed by atoms with E-state index in [0.717, 1.165) is 5.52 Å². The van der Waals surface area contributed by atoms with E-state index in [-0.39, 0.29) is 5.91 Å². The van der Waals surface area contributed by atoms with Gasteiger partial charge in [-0.05, 0) is 36.4 Å². The normalized spacial score (nSPS) is 10.6. The van der Waals surface area contributed by atoms with Gasteiger partial charge in [0, 0.05) is 11.9 Å². The quantitative estimate of drug-likeness (QED) is 0.808. The van der Waals surface area contributed by atoms with Gasteiger partial charge in [-0.2, -0.15) is 5.10 Å². The molecular weight excluding hydrogens is 290 g/mol. The van der Waals surface area contributed by atoms with E-state index >= 15 is 0 Å². The summed E-state index contributed by atoms with van der Waals surface area (Å²) in [5.74, 6) is 0.266. The van der Waals surface area contributed by atoms with Crippen LogP contribution in [0.2, 0.25) is 5.02 Å². The zero-order chi connectivity index (χ0) is 14.8. The number of anilines is 1. The average Bonchev–Trinajstić information content (AvgIpc) is 2.91. The number of ether oxygens (including phenoxy) is 1. The molecule has 0 saturated heterocycles. The number of nitrogens with zero attached hydrogens (tertiary/aromatic N) is 2. The Balaban J connectivity index is 1.84. The van der Waals surface area contributed by atoms with E-state index in [1.807, 2.05) is 18.2 Å². The smallest absolute Gasteiger partial charge is 0.276 e. The van der Waals surface area contributed by atoms with E-state index < -0.39 is 0 Å². The Bertz CT molecular complexity index is 781. The molecule has 0 radical (unpaired) electrons. The molecule has 1 aromatic carbocycles. The van der Waals surface area contributed by atoms with Crippen LogP contribution >= 0.6 is 11.6 Å². The number of nitrogens with one attached hydrogen (secondary N) is 1. The summed E-state index contributed by atoms with van der Waals surface area (Å²) in [6.45, 7) is 0. The molecule has 0 aliphatic heterocycles.